The number of aromatic nitrogens is 1. The minimum absolute atomic E-state index is 0.0273. The molecule has 0 saturated heterocycles. The minimum Gasteiger partial charge on any atom is -0.394 e. The summed E-state index contributed by atoms with van der Waals surface area (Å²) in [6, 6.07) is 8.42. The van der Waals surface area contributed by atoms with Crippen molar-refractivity contribution in [1.29, 1.82) is 0 Å². The number of aliphatic hydroxyl groups is 1. The van der Waals surface area contributed by atoms with Gasteiger partial charge in [0.05, 0.1) is 24.5 Å². The zero-order valence-corrected chi connectivity index (χ0v) is 15.1. The maximum atomic E-state index is 14.2. The molecule has 0 aliphatic heterocycles. The highest BCUT2D eigenvalue weighted by atomic mass is 32.1. The third-order valence-corrected chi connectivity index (χ3v) is 4.67. The molecule has 0 saturated carbocycles. The van der Waals surface area contributed by atoms with E-state index in [1.807, 2.05) is 6.92 Å². The molecular formula is C18H18FN3O3S. The number of carbonyl (C=O) groups excluding carboxylic acids is 1. The number of nitrogens with zero attached hydrogens (tertiary/aromatic N) is 1. The van der Waals surface area contributed by atoms with Crippen LogP contribution in [0.25, 0.3) is 10.2 Å². The number of halogens is 1. The number of hydrogen-bond donors (Lipinski definition) is 3. The molecule has 0 unspecified atom stereocenters. The van der Waals surface area contributed by atoms with Crippen molar-refractivity contribution < 1.29 is 19.1 Å². The van der Waals surface area contributed by atoms with Gasteiger partial charge in [-0.25, -0.2) is 14.9 Å². The highest BCUT2D eigenvalue weighted by Crippen LogP contribution is 2.37. The Morgan fingerprint density at radius 1 is 1.31 bits per heavy atom. The van der Waals surface area contributed by atoms with Gasteiger partial charge in [-0.2, -0.15) is 0 Å². The Morgan fingerprint density at radius 3 is 2.85 bits per heavy atom. The topological polar surface area (TPSA) is 83.5 Å². The molecule has 2 heterocycles. The first kappa shape index (κ1) is 18.2. The van der Waals surface area contributed by atoms with E-state index in [4.69, 9.17) is 9.94 Å². The molecule has 0 aliphatic rings. The second-order valence-corrected chi connectivity index (χ2v) is 6.72. The van der Waals surface area contributed by atoms with Crippen molar-refractivity contribution in [3.8, 4) is 0 Å². The summed E-state index contributed by atoms with van der Waals surface area (Å²) in [4.78, 5) is 22.6. The molecule has 0 bridgehead atoms. The standard InChI is InChI=1S/C18H18FN3O3S/c1-10-3-6-14(13(19)9-10)21-18-15(16(24)22-25-8-7-23)12-5-4-11(2)20-17(12)26-18/h3-6,9,21,23H,7-8H2,1-2H3,(H,22,24). The number of aryl methyl sites for hydroxylation is 2. The van der Waals surface area contributed by atoms with Crippen LogP contribution in [0.1, 0.15) is 21.6 Å². The number of aliphatic hydroxyl groups excluding tert-OH is 1. The third kappa shape index (κ3) is 3.82. The molecule has 3 rings (SSSR count). The summed E-state index contributed by atoms with van der Waals surface area (Å²) in [5, 5.41) is 12.9. The summed E-state index contributed by atoms with van der Waals surface area (Å²) in [5.74, 6) is -0.903. The van der Waals surface area contributed by atoms with E-state index in [-0.39, 0.29) is 18.9 Å². The average Bonchev–Trinajstić information content (AvgIpc) is 2.94. The van der Waals surface area contributed by atoms with Gasteiger partial charge in [0.2, 0.25) is 0 Å². The first-order valence-electron chi connectivity index (χ1n) is 7.96. The Bertz CT molecular complexity index is 958. The molecule has 0 atom stereocenters. The molecule has 1 amide bonds. The largest absolute Gasteiger partial charge is 0.394 e. The van der Waals surface area contributed by atoms with Crippen LogP contribution in [0.2, 0.25) is 0 Å². The molecule has 6 nitrogen and oxygen atoms in total. The van der Waals surface area contributed by atoms with E-state index in [1.54, 1.807) is 31.2 Å². The fourth-order valence-electron chi connectivity index (χ4n) is 2.44. The Hall–Kier alpha value is -2.55. The normalized spacial score (nSPS) is 10.9. The highest BCUT2D eigenvalue weighted by molar-refractivity contribution is 7.23. The number of rotatable bonds is 6. The van der Waals surface area contributed by atoms with Gasteiger partial charge in [-0.05, 0) is 43.7 Å². The van der Waals surface area contributed by atoms with E-state index in [1.165, 1.54) is 17.4 Å². The molecule has 2 aromatic heterocycles. The van der Waals surface area contributed by atoms with Gasteiger partial charge < -0.3 is 10.4 Å². The van der Waals surface area contributed by atoms with Gasteiger partial charge in [0, 0.05) is 11.1 Å². The minimum atomic E-state index is -0.495. The molecule has 3 N–H and O–H groups in total. The zero-order chi connectivity index (χ0) is 18.7. The maximum Gasteiger partial charge on any atom is 0.278 e. The van der Waals surface area contributed by atoms with Crippen LogP contribution in [0, 0.1) is 19.7 Å². The van der Waals surface area contributed by atoms with Crippen molar-refractivity contribution in [2.75, 3.05) is 18.5 Å². The molecule has 3 aromatic rings. The highest BCUT2D eigenvalue weighted by Gasteiger charge is 2.21. The van der Waals surface area contributed by atoms with Gasteiger partial charge in [-0.3, -0.25) is 9.63 Å². The lowest BCUT2D eigenvalue weighted by Gasteiger charge is -2.09. The number of hydrogen-bond acceptors (Lipinski definition) is 6. The van der Waals surface area contributed by atoms with Gasteiger partial charge in [-0.1, -0.05) is 17.4 Å². The number of anilines is 2. The molecule has 0 fully saturated rings. The Morgan fingerprint density at radius 2 is 2.12 bits per heavy atom. The maximum absolute atomic E-state index is 14.2. The van der Waals surface area contributed by atoms with Crippen LogP contribution in [-0.2, 0) is 4.84 Å². The Balaban J connectivity index is 2.02. The summed E-state index contributed by atoms with van der Waals surface area (Å²) in [7, 11) is 0. The molecule has 26 heavy (non-hydrogen) atoms. The third-order valence-electron chi connectivity index (χ3n) is 3.65. The second kappa shape index (κ2) is 7.77. The van der Waals surface area contributed by atoms with Gasteiger partial charge in [0.15, 0.2) is 0 Å². The van der Waals surface area contributed by atoms with Crippen molar-refractivity contribution >= 4 is 38.1 Å². The van der Waals surface area contributed by atoms with Crippen molar-refractivity contribution in [3.05, 3.63) is 53.0 Å². The van der Waals surface area contributed by atoms with Crippen molar-refractivity contribution in [2.24, 2.45) is 0 Å². The van der Waals surface area contributed by atoms with Gasteiger partial charge in [0.1, 0.15) is 15.6 Å². The van der Waals surface area contributed by atoms with E-state index in [0.717, 1.165) is 11.3 Å². The lowest BCUT2D eigenvalue weighted by atomic mass is 10.1. The molecule has 1 aromatic carbocycles. The van der Waals surface area contributed by atoms with E-state index < -0.39 is 11.7 Å². The number of thiophene rings is 1. The van der Waals surface area contributed by atoms with Crippen LogP contribution in [0.3, 0.4) is 0 Å². The van der Waals surface area contributed by atoms with E-state index >= 15 is 0 Å². The molecule has 0 spiro atoms. The fraction of sp³-hybridized carbons (Fsp3) is 0.222. The number of pyridine rings is 1. The second-order valence-electron chi connectivity index (χ2n) is 5.72. The fourth-order valence-corrected chi connectivity index (χ4v) is 3.57. The van der Waals surface area contributed by atoms with E-state index in [0.29, 0.717) is 20.8 Å². The lowest BCUT2D eigenvalue weighted by molar-refractivity contribution is 0.0170. The Labute approximate surface area is 153 Å². The molecule has 136 valence electrons. The summed E-state index contributed by atoms with van der Waals surface area (Å²) in [6.45, 7) is 3.41. The molecule has 8 heteroatoms. The summed E-state index contributed by atoms with van der Waals surface area (Å²) < 4.78 is 14.2. The lowest BCUT2D eigenvalue weighted by Crippen LogP contribution is -2.25. The quantitative estimate of drug-likeness (QED) is 0.454. The van der Waals surface area contributed by atoms with Crippen molar-refractivity contribution in [3.63, 3.8) is 0 Å². The summed E-state index contributed by atoms with van der Waals surface area (Å²) >= 11 is 1.26. The van der Waals surface area contributed by atoms with E-state index in [2.05, 4.69) is 15.8 Å². The van der Waals surface area contributed by atoms with Crippen LogP contribution >= 0.6 is 11.3 Å². The van der Waals surface area contributed by atoms with Crippen LogP contribution < -0.4 is 10.8 Å². The first-order chi connectivity index (χ1) is 12.5. The molecule has 0 aliphatic carbocycles. The van der Waals surface area contributed by atoms with Crippen LogP contribution in [-0.4, -0.2) is 29.2 Å². The molecule has 0 radical (unpaired) electrons. The number of benzene rings is 1. The molecular weight excluding hydrogens is 357 g/mol. The Kier molecular flexibility index (Phi) is 5.46. The van der Waals surface area contributed by atoms with Crippen molar-refractivity contribution in [2.45, 2.75) is 13.8 Å². The number of carbonyl (C=O) groups is 1. The van der Waals surface area contributed by atoms with Crippen LogP contribution in [0.5, 0.6) is 0 Å². The zero-order valence-electron chi connectivity index (χ0n) is 14.3. The van der Waals surface area contributed by atoms with Crippen LogP contribution in [0.15, 0.2) is 30.3 Å². The predicted molar refractivity (Wildman–Crippen MR) is 99.3 cm³/mol. The number of nitrogens with one attached hydrogen (secondary N) is 2. The smallest absolute Gasteiger partial charge is 0.278 e. The number of fused-ring (bicyclic) bond motifs is 1. The van der Waals surface area contributed by atoms with Gasteiger partial charge in [0.25, 0.3) is 5.91 Å². The van der Waals surface area contributed by atoms with Crippen LogP contribution in [0.4, 0.5) is 15.1 Å². The van der Waals surface area contributed by atoms with E-state index in [9.17, 15) is 9.18 Å². The number of hydroxylamine groups is 1. The van der Waals surface area contributed by atoms with Gasteiger partial charge in [-0.15, -0.1) is 0 Å². The predicted octanol–water partition coefficient (Wildman–Crippen LogP) is 3.45. The first-order valence-corrected chi connectivity index (χ1v) is 8.77. The van der Waals surface area contributed by atoms with Gasteiger partial charge >= 0.3 is 0 Å². The summed E-state index contributed by atoms with van der Waals surface area (Å²) in [6.07, 6.45) is 0. The summed E-state index contributed by atoms with van der Waals surface area (Å²) in [5.41, 5.74) is 4.49. The average molecular weight is 375 g/mol. The monoisotopic (exact) mass is 375 g/mol. The SMILES string of the molecule is Cc1ccc(Nc2sc3nc(C)ccc3c2C(=O)NOCCO)c(F)c1. The van der Waals surface area contributed by atoms with Crippen molar-refractivity contribution in [1.82, 2.24) is 10.5 Å². The number of amides is 1.